The van der Waals surface area contributed by atoms with Crippen LogP contribution in [0.1, 0.15) is 13.8 Å². The van der Waals surface area contributed by atoms with E-state index >= 15 is 0 Å². The molecule has 16 heavy (non-hydrogen) atoms. The summed E-state index contributed by atoms with van der Waals surface area (Å²) in [4.78, 5) is 4.54. The molecule has 0 saturated heterocycles. The maximum absolute atomic E-state index is 3.79. The first-order valence-electron chi connectivity index (χ1n) is 5.61. The van der Waals surface area contributed by atoms with E-state index < -0.39 is 0 Å². The van der Waals surface area contributed by atoms with Gasteiger partial charge in [-0.3, -0.25) is 0 Å². The molecule has 0 aromatic heterocycles. The summed E-state index contributed by atoms with van der Waals surface area (Å²) in [6.45, 7) is 8.19. The lowest BCUT2D eigenvalue weighted by molar-refractivity contribution is 0.757. The third-order valence-corrected chi connectivity index (χ3v) is 2.88. The van der Waals surface area contributed by atoms with Crippen LogP contribution in [0.2, 0.25) is 0 Å². The zero-order chi connectivity index (χ0) is 11.7. The second kappa shape index (κ2) is 4.05. The lowest BCUT2D eigenvalue weighted by atomic mass is 10.2. The molecule has 0 radical (unpaired) electrons. The molecule has 2 heteroatoms. The maximum atomic E-state index is 3.79. The molecule has 1 aliphatic rings. The van der Waals surface area contributed by atoms with Crippen molar-refractivity contribution in [2.24, 2.45) is 0 Å². The van der Waals surface area contributed by atoms with Crippen molar-refractivity contribution in [2.75, 3.05) is 16.8 Å². The first-order chi connectivity index (χ1) is 7.66. The van der Waals surface area contributed by atoms with Gasteiger partial charge >= 0.3 is 0 Å². The van der Waals surface area contributed by atoms with Gasteiger partial charge in [-0.2, -0.15) is 0 Å². The van der Waals surface area contributed by atoms with E-state index in [1.807, 2.05) is 6.08 Å². The zero-order valence-corrected chi connectivity index (χ0v) is 10.1. The van der Waals surface area contributed by atoms with E-state index in [1.54, 1.807) is 0 Å². The van der Waals surface area contributed by atoms with Gasteiger partial charge in [-0.25, -0.2) is 0 Å². The van der Waals surface area contributed by atoms with Crippen molar-refractivity contribution < 1.29 is 0 Å². The van der Waals surface area contributed by atoms with Gasteiger partial charge in [-0.15, -0.1) is 0 Å². The highest BCUT2D eigenvalue weighted by Gasteiger charge is 2.29. The minimum Gasteiger partial charge on any atom is -0.329 e. The van der Waals surface area contributed by atoms with Crippen LogP contribution >= 0.6 is 0 Å². The highest BCUT2D eigenvalue weighted by molar-refractivity contribution is 5.82. The molecule has 0 amide bonds. The van der Waals surface area contributed by atoms with E-state index in [1.165, 1.54) is 17.2 Å². The van der Waals surface area contributed by atoms with Crippen LogP contribution in [0.15, 0.2) is 48.8 Å². The minimum absolute atomic E-state index is 0.442. The number of hydrogen-bond donors (Lipinski definition) is 0. The SMILES string of the molecule is C=C/C=C1\N(C)c2ccccc2N1C(C)C. The molecule has 0 aliphatic carbocycles. The summed E-state index contributed by atoms with van der Waals surface area (Å²) >= 11 is 0. The number of hydrogen-bond acceptors (Lipinski definition) is 2. The summed E-state index contributed by atoms with van der Waals surface area (Å²) in [7, 11) is 2.09. The molecule has 2 rings (SSSR count). The van der Waals surface area contributed by atoms with E-state index in [4.69, 9.17) is 0 Å². The van der Waals surface area contributed by atoms with Gasteiger partial charge in [-0.1, -0.05) is 24.8 Å². The minimum atomic E-state index is 0.442. The Hall–Kier alpha value is -1.70. The quantitative estimate of drug-likeness (QED) is 0.744. The molecule has 0 spiro atoms. The summed E-state index contributed by atoms with van der Waals surface area (Å²) in [5, 5.41) is 0. The summed E-state index contributed by atoms with van der Waals surface area (Å²) in [5.74, 6) is 1.19. The van der Waals surface area contributed by atoms with Crippen LogP contribution in [0.25, 0.3) is 0 Å². The number of nitrogens with zero attached hydrogens (tertiary/aromatic N) is 2. The van der Waals surface area contributed by atoms with Crippen molar-refractivity contribution in [3.05, 3.63) is 48.8 Å². The number of benzene rings is 1. The number of rotatable bonds is 2. The average Bonchev–Trinajstić information content (AvgIpc) is 2.54. The van der Waals surface area contributed by atoms with Gasteiger partial charge in [0, 0.05) is 13.1 Å². The third-order valence-electron chi connectivity index (χ3n) is 2.88. The van der Waals surface area contributed by atoms with E-state index in [9.17, 15) is 0 Å². The second-order valence-corrected chi connectivity index (χ2v) is 4.27. The van der Waals surface area contributed by atoms with Crippen LogP contribution in [-0.2, 0) is 0 Å². The Kier molecular flexibility index (Phi) is 2.73. The smallest absolute Gasteiger partial charge is 0.113 e. The first-order valence-corrected chi connectivity index (χ1v) is 5.61. The molecule has 84 valence electrons. The van der Waals surface area contributed by atoms with Gasteiger partial charge in [0.15, 0.2) is 0 Å². The lowest BCUT2D eigenvalue weighted by Crippen LogP contribution is -2.31. The summed E-state index contributed by atoms with van der Waals surface area (Å²) in [6.07, 6.45) is 3.90. The van der Waals surface area contributed by atoms with Crippen molar-refractivity contribution in [3.8, 4) is 0 Å². The lowest BCUT2D eigenvalue weighted by Gasteiger charge is -2.26. The Morgan fingerprint density at radius 1 is 1.19 bits per heavy atom. The topological polar surface area (TPSA) is 6.48 Å². The predicted octanol–water partition coefficient (Wildman–Crippen LogP) is 3.38. The Morgan fingerprint density at radius 3 is 2.38 bits per heavy atom. The Bertz CT molecular complexity index is 432. The van der Waals surface area contributed by atoms with Crippen molar-refractivity contribution in [1.29, 1.82) is 0 Å². The molecule has 1 heterocycles. The molecular weight excluding hydrogens is 196 g/mol. The van der Waals surface area contributed by atoms with Gasteiger partial charge in [0.05, 0.1) is 11.4 Å². The second-order valence-electron chi connectivity index (χ2n) is 4.27. The van der Waals surface area contributed by atoms with Crippen LogP contribution in [0.5, 0.6) is 0 Å². The fraction of sp³-hybridized carbons (Fsp3) is 0.286. The van der Waals surface area contributed by atoms with Crippen LogP contribution in [0.3, 0.4) is 0 Å². The summed E-state index contributed by atoms with van der Waals surface area (Å²) < 4.78 is 0. The summed E-state index contributed by atoms with van der Waals surface area (Å²) in [5.41, 5.74) is 2.53. The Labute approximate surface area is 97.5 Å². The van der Waals surface area contributed by atoms with Crippen LogP contribution in [-0.4, -0.2) is 13.1 Å². The van der Waals surface area contributed by atoms with Crippen molar-refractivity contribution >= 4 is 11.4 Å². The zero-order valence-electron chi connectivity index (χ0n) is 10.1. The monoisotopic (exact) mass is 214 g/mol. The molecule has 1 aromatic carbocycles. The number of fused-ring (bicyclic) bond motifs is 1. The molecule has 0 fully saturated rings. The number of allylic oxidation sites excluding steroid dienone is 2. The fourth-order valence-electron chi connectivity index (χ4n) is 2.20. The highest BCUT2D eigenvalue weighted by atomic mass is 15.4. The van der Waals surface area contributed by atoms with Gasteiger partial charge in [0.25, 0.3) is 0 Å². The van der Waals surface area contributed by atoms with Gasteiger partial charge in [-0.05, 0) is 32.1 Å². The average molecular weight is 214 g/mol. The molecule has 0 bridgehead atoms. The summed E-state index contributed by atoms with van der Waals surface area (Å²) in [6, 6.07) is 8.91. The molecule has 1 aromatic rings. The molecular formula is C14H18N2. The largest absolute Gasteiger partial charge is 0.329 e. The van der Waals surface area contributed by atoms with Crippen LogP contribution < -0.4 is 9.80 Å². The molecule has 0 atom stereocenters. The third kappa shape index (κ3) is 1.51. The number of para-hydroxylation sites is 2. The van der Waals surface area contributed by atoms with E-state index in [-0.39, 0.29) is 0 Å². The van der Waals surface area contributed by atoms with Crippen LogP contribution in [0, 0.1) is 0 Å². The van der Waals surface area contributed by atoms with Gasteiger partial charge in [0.1, 0.15) is 5.82 Å². The molecule has 2 nitrogen and oxygen atoms in total. The fourth-order valence-corrected chi connectivity index (χ4v) is 2.20. The normalized spacial score (nSPS) is 17.1. The van der Waals surface area contributed by atoms with Crippen molar-refractivity contribution in [3.63, 3.8) is 0 Å². The van der Waals surface area contributed by atoms with E-state index in [0.29, 0.717) is 6.04 Å². The predicted molar refractivity (Wildman–Crippen MR) is 70.7 cm³/mol. The molecule has 1 aliphatic heterocycles. The first kappa shape index (κ1) is 10.8. The van der Waals surface area contributed by atoms with Gasteiger partial charge < -0.3 is 9.80 Å². The van der Waals surface area contributed by atoms with Crippen molar-refractivity contribution in [2.45, 2.75) is 19.9 Å². The van der Waals surface area contributed by atoms with Crippen molar-refractivity contribution in [1.82, 2.24) is 0 Å². The number of anilines is 2. The van der Waals surface area contributed by atoms with Crippen LogP contribution in [0.4, 0.5) is 11.4 Å². The van der Waals surface area contributed by atoms with E-state index in [2.05, 4.69) is 67.6 Å². The maximum Gasteiger partial charge on any atom is 0.113 e. The van der Waals surface area contributed by atoms with E-state index in [0.717, 1.165) is 0 Å². The standard InChI is InChI=1S/C14H18N2/c1-5-8-14-15(4)12-9-6-7-10-13(12)16(14)11(2)3/h5-11H,1H2,2-4H3/b14-8+. The highest BCUT2D eigenvalue weighted by Crippen LogP contribution is 2.41. The Morgan fingerprint density at radius 2 is 1.81 bits per heavy atom. The molecule has 0 unspecified atom stereocenters. The molecule has 0 saturated carbocycles. The molecule has 0 N–H and O–H groups in total. The Balaban J connectivity index is 2.56. The van der Waals surface area contributed by atoms with Gasteiger partial charge in [0.2, 0.25) is 0 Å².